The third-order valence-electron chi connectivity index (χ3n) is 3.55. The van der Waals surface area contributed by atoms with Crippen LogP contribution in [0.25, 0.3) is 0 Å². The van der Waals surface area contributed by atoms with Gasteiger partial charge in [-0.1, -0.05) is 6.08 Å². The van der Waals surface area contributed by atoms with Gasteiger partial charge in [0.25, 0.3) is 0 Å². The summed E-state index contributed by atoms with van der Waals surface area (Å²) in [5.74, 6) is 1.03. The number of allylic oxidation sites excluding steroid dienone is 3. The number of rotatable bonds is 7. The molecule has 19 heavy (non-hydrogen) atoms. The predicted octanol–water partition coefficient (Wildman–Crippen LogP) is 2.90. The molecule has 1 aliphatic carbocycles. The Labute approximate surface area is 120 Å². The molecule has 0 radical (unpaired) electrons. The van der Waals surface area contributed by atoms with Gasteiger partial charge in [-0.2, -0.15) is 11.8 Å². The zero-order valence-corrected chi connectivity index (χ0v) is 12.1. The minimum Gasteiger partial charge on any atom is -0.393 e. The van der Waals surface area contributed by atoms with Crippen LogP contribution in [0.1, 0.15) is 39.9 Å². The molecule has 1 unspecified atom stereocenters. The van der Waals surface area contributed by atoms with Crippen LogP contribution >= 0.6 is 11.8 Å². The SMILES string of the molecule is [2H]C1=NC2=C(CC=C2CCCC(O)CCSC)C(=O)C1. The van der Waals surface area contributed by atoms with Gasteiger partial charge in [0.1, 0.15) is 0 Å². The third kappa shape index (κ3) is 3.80. The summed E-state index contributed by atoms with van der Waals surface area (Å²) < 4.78 is 7.59. The molecule has 4 heteroatoms. The van der Waals surface area contributed by atoms with E-state index in [1.54, 1.807) is 11.8 Å². The number of nitrogens with zero attached hydrogens (tertiary/aromatic N) is 1. The van der Waals surface area contributed by atoms with Crippen molar-refractivity contribution in [2.75, 3.05) is 12.0 Å². The highest BCUT2D eigenvalue weighted by Gasteiger charge is 2.24. The van der Waals surface area contributed by atoms with Crippen molar-refractivity contribution in [2.45, 2.75) is 44.6 Å². The second-order valence-corrected chi connectivity index (χ2v) is 5.94. The van der Waals surface area contributed by atoms with Gasteiger partial charge in [0.15, 0.2) is 5.78 Å². The van der Waals surface area contributed by atoms with Crippen molar-refractivity contribution >= 4 is 23.7 Å². The number of carbonyl (C=O) groups excluding carboxylic acids is 1. The second kappa shape index (κ2) is 7.06. The second-order valence-electron chi connectivity index (χ2n) is 4.96. The summed E-state index contributed by atoms with van der Waals surface area (Å²) in [6.07, 6.45) is 8.19. The molecule has 2 aliphatic rings. The van der Waals surface area contributed by atoms with Gasteiger partial charge in [-0.15, -0.1) is 0 Å². The van der Waals surface area contributed by atoms with E-state index in [-0.39, 0.29) is 24.5 Å². The molecular weight excluding hydrogens is 258 g/mol. The summed E-state index contributed by atoms with van der Waals surface area (Å²) in [6.45, 7) is 0. The largest absolute Gasteiger partial charge is 0.393 e. The van der Waals surface area contributed by atoms with Crippen LogP contribution in [0.3, 0.4) is 0 Å². The number of aliphatic imine (C=N–C) groups is 1. The number of aliphatic hydroxyl groups is 1. The average Bonchev–Trinajstić information content (AvgIpc) is 2.80. The quantitative estimate of drug-likeness (QED) is 0.780. The number of aliphatic hydroxyl groups excluding tert-OH is 1. The Hall–Kier alpha value is -0.870. The van der Waals surface area contributed by atoms with E-state index in [0.717, 1.165) is 48.3 Å². The van der Waals surface area contributed by atoms with Gasteiger partial charge in [-0.25, -0.2) is 0 Å². The maximum atomic E-state index is 11.8. The molecule has 1 N–H and O–H groups in total. The molecule has 0 aromatic rings. The van der Waals surface area contributed by atoms with Crippen LogP contribution < -0.4 is 0 Å². The summed E-state index contributed by atoms with van der Waals surface area (Å²) in [6, 6.07) is 0. The van der Waals surface area contributed by atoms with E-state index >= 15 is 0 Å². The van der Waals surface area contributed by atoms with Crippen molar-refractivity contribution in [3.05, 3.63) is 22.9 Å². The van der Waals surface area contributed by atoms with Crippen LogP contribution in [0.4, 0.5) is 0 Å². The molecule has 0 aromatic carbocycles. The highest BCUT2D eigenvalue weighted by atomic mass is 32.2. The summed E-state index contributed by atoms with van der Waals surface area (Å²) in [5, 5.41) is 9.81. The van der Waals surface area contributed by atoms with Crippen molar-refractivity contribution in [3.63, 3.8) is 0 Å². The zero-order chi connectivity index (χ0) is 14.5. The molecule has 0 fully saturated rings. The molecule has 104 valence electrons. The van der Waals surface area contributed by atoms with Crippen LogP contribution in [0.2, 0.25) is 0 Å². The Balaban J connectivity index is 1.84. The fraction of sp³-hybridized carbons (Fsp3) is 0.600. The van der Waals surface area contributed by atoms with Crippen molar-refractivity contribution in [1.29, 1.82) is 0 Å². The van der Waals surface area contributed by atoms with Gasteiger partial charge in [-0.05, 0) is 49.7 Å². The molecule has 3 nitrogen and oxygen atoms in total. The first-order chi connectivity index (χ1) is 9.61. The molecule has 1 heterocycles. The van der Waals surface area contributed by atoms with Gasteiger partial charge in [0, 0.05) is 18.2 Å². The van der Waals surface area contributed by atoms with E-state index in [9.17, 15) is 9.90 Å². The lowest BCUT2D eigenvalue weighted by atomic mass is 10.0. The van der Waals surface area contributed by atoms with Crippen molar-refractivity contribution in [3.8, 4) is 0 Å². The summed E-state index contributed by atoms with van der Waals surface area (Å²) in [4.78, 5) is 16.0. The van der Waals surface area contributed by atoms with Gasteiger partial charge in [0.05, 0.1) is 13.2 Å². The monoisotopic (exact) mass is 280 g/mol. The standard InChI is InChI=1S/C15H21NO2S/c1-19-10-8-12(17)4-2-3-11-5-6-13-14(18)7-9-16-15(11)13/h5,9,12,17H,2-4,6-8,10H2,1H3/i9D. The Morgan fingerprint density at radius 2 is 2.37 bits per heavy atom. The molecule has 2 rings (SSSR count). The Kier molecular flexibility index (Phi) is 4.88. The number of hydrogen-bond acceptors (Lipinski definition) is 4. The van der Waals surface area contributed by atoms with Crippen LogP contribution in [0, 0.1) is 0 Å². The lowest BCUT2D eigenvalue weighted by Gasteiger charge is -2.12. The molecule has 0 bridgehead atoms. The van der Waals surface area contributed by atoms with E-state index in [0.29, 0.717) is 6.42 Å². The topological polar surface area (TPSA) is 49.7 Å². The van der Waals surface area contributed by atoms with Gasteiger partial charge >= 0.3 is 0 Å². The first-order valence-corrected chi connectivity index (χ1v) is 8.18. The zero-order valence-electron chi connectivity index (χ0n) is 12.3. The molecule has 0 aromatic heterocycles. The number of ketones is 1. The van der Waals surface area contributed by atoms with Crippen LogP contribution in [0.15, 0.2) is 27.9 Å². The predicted molar refractivity (Wildman–Crippen MR) is 80.7 cm³/mol. The van der Waals surface area contributed by atoms with E-state index in [1.165, 1.54) is 0 Å². The maximum absolute atomic E-state index is 11.8. The van der Waals surface area contributed by atoms with Gasteiger partial charge < -0.3 is 5.11 Å². The first kappa shape index (κ1) is 13.1. The van der Waals surface area contributed by atoms with Crippen LogP contribution in [-0.4, -0.2) is 35.2 Å². The number of carbonyl (C=O) groups is 1. The molecule has 0 spiro atoms. The van der Waals surface area contributed by atoms with Crippen molar-refractivity contribution in [2.24, 2.45) is 4.99 Å². The normalized spacial score (nSPS) is 20.9. The molecule has 1 atom stereocenters. The lowest BCUT2D eigenvalue weighted by Crippen LogP contribution is -2.09. The summed E-state index contributed by atoms with van der Waals surface area (Å²) >= 11 is 1.75. The molecular formula is C15H21NO2S. The number of Topliss-reactive ketones (excluding diaryl/α,β-unsaturated/α-hetero) is 1. The highest BCUT2D eigenvalue weighted by molar-refractivity contribution is 7.98. The number of hydrogen-bond donors (Lipinski definition) is 1. The molecule has 0 amide bonds. The summed E-state index contributed by atoms with van der Waals surface area (Å²) in [7, 11) is 0. The molecule has 1 aliphatic heterocycles. The fourth-order valence-corrected chi connectivity index (χ4v) is 2.95. The van der Waals surface area contributed by atoms with E-state index in [1.807, 2.05) is 6.26 Å². The fourth-order valence-electron chi connectivity index (χ4n) is 2.44. The van der Waals surface area contributed by atoms with E-state index < -0.39 is 0 Å². The lowest BCUT2D eigenvalue weighted by molar-refractivity contribution is -0.114. The minimum atomic E-state index is -0.235. The highest BCUT2D eigenvalue weighted by Crippen LogP contribution is 2.33. The van der Waals surface area contributed by atoms with E-state index in [4.69, 9.17) is 1.37 Å². The minimum absolute atomic E-state index is 0.0475. The van der Waals surface area contributed by atoms with Crippen molar-refractivity contribution < 1.29 is 11.3 Å². The van der Waals surface area contributed by atoms with E-state index in [2.05, 4.69) is 11.1 Å². The smallest absolute Gasteiger partial charge is 0.166 e. The molecule has 0 saturated carbocycles. The average molecular weight is 280 g/mol. The molecule has 0 saturated heterocycles. The van der Waals surface area contributed by atoms with Crippen LogP contribution in [0.5, 0.6) is 0 Å². The van der Waals surface area contributed by atoms with Gasteiger partial charge in [0.2, 0.25) is 0 Å². The Bertz CT molecular complexity index is 482. The Morgan fingerprint density at radius 1 is 1.53 bits per heavy atom. The summed E-state index contributed by atoms with van der Waals surface area (Å²) in [5.41, 5.74) is 2.60. The first-order valence-electron chi connectivity index (χ1n) is 7.28. The van der Waals surface area contributed by atoms with Crippen molar-refractivity contribution in [1.82, 2.24) is 0 Å². The maximum Gasteiger partial charge on any atom is 0.166 e. The van der Waals surface area contributed by atoms with Gasteiger partial charge in [-0.3, -0.25) is 9.79 Å². The Morgan fingerprint density at radius 3 is 3.16 bits per heavy atom. The van der Waals surface area contributed by atoms with Crippen LogP contribution in [-0.2, 0) is 4.79 Å². The third-order valence-corrected chi connectivity index (χ3v) is 4.19. The number of thioether (sulfide) groups is 1.